The van der Waals surface area contributed by atoms with Crippen molar-refractivity contribution in [1.82, 2.24) is 0 Å². The molecule has 0 aliphatic carbocycles. The summed E-state index contributed by atoms with van der Waals surface area (Å²) in [5, 5.41) is 0. The molecule has 0 aromatic heterocycles. The normalized spacial score (nSPS) is 16.2. The quantitative estimate of drug-likeness (QED) is 0.405. The van der Waals surface area contributed by atoms with Crippen molar-refractivity contribution in [3.63, 3.8) is 0 Å². The van der Waals surface area contributed by atoms with Crippen molar-refractivity contribution in [2.24, 2.45) is 0 Å². The van der Waals surface area contributed by atoms with Crippen LogP contribution in [0.25, 0.3) is 0 Å². The van der Waals surface area contributed by atoms with Crippen LogP contribution in [0.5, 0.6) is 0 Å². The average Bonchev–Trinajstić information content (AvgIpc) is 1.98. The molecule has 0 fully saturated rings. The van der Waals surface area contributed by atoms with Gasteiger partial charge in [0.05, 0.1) is 0 Å². The maximum atomic E-state index is 12.6. The van der Waals surface area contributed by atoms with Crippen LogP contribution in [0, 0.1) is 0 Å². The summed E-state index contributed by atoms with van der Waals surface area (Å²) < 4.78 is 121. The molecule has 17 heavy (non-hydrogen) atoms. The zero-order chi connectivity index (χ0) is 14.5. The molecular formula is C5H3ClF10Si. The second kappa shape index (κ2) is 3.90. The van der Waals surface area contributed by atoms with Gasteiger partial charge in [0.2, 0.25) is 0 Å². The Labute approximate surface area is 93.2 Å². The van der Waals surface area contributed by atoms with E-state index >= 15 is 0 Å². The minimum Gasteiger partial charge on any atom is -0.200 e. The Balaban J connectivity index is 5.73. The lowest BCUT2D eigenvalue weighted by atomic mass is 10.7. The van der Waals surface area contributed by atoms with E-state index in [2.05, 4.69) is 11.1 Å². The molecule has 0 spiro atoms. The SMILES string of the molecule is C[Si](Cl)(C(F)(F)C(F)(F)F)C(F)(F)C(F)(F)F. The van der Waals surface area contributed by atoms with Gasteiger partial charge in [-0.1, -0.05) is 0 Å². The van der Waals surface area contributed by atoms with Crippen molar-refractivity contribution >= 4 is 18.5 Å². The lowest BCUT2D eigenvalue weighted by Gasteiger charge is -2.37. The van der Waals surface area contributed by atoms with Gasteiger partial charge in [0.25, 0.3) is 0 Å². The highest BCUT2D eigenvalue weighted by atomic mass is 35.6. The van der Waals surface area contributed by atoms with Gasteiger partial charge in [0.15, 0.2) is 0 Å². The highest BCUT2D eigenvalue weighted by Gasteiger charge is 2.84. The molecule has 0 atom stereocenters. The third-order valence-electron chi connectivity index (χ3n) is 1.89. The minimum absolute atomic E-state index is 0.588. The van der Waals surface area contributed by atoms with E-state index in [-0.39, 0.29) is 0 Å². The molecule has 0 nitrogen and oxygen atoms in total. The molecule has 0 aromatic carbocycles. The van der Waals surface area contributed by atoms with E-state index in [0.29, 0.717) is 0 Å². The molecule has 0 N–H and O–H groups in total. The Morgan fingerprint density at radius 3 is 0.941 bits per heavy atom. The Hall–Kier alpha value is -0.193. The maximum absolute atomic E-state index is 12.6. The summed E-state index contributed by atoms with van der Waals surface area (Å²) >= 11 is 4.29. The van der Waals surface area contributed by atoms with Gasteiger partial charge in [-0.2, -0.15) is 55.0 Å². The Bertz CT molecular complexity index is 260. The maximum Gasteiger partial charge on any atom is 0.450 e. The smallest absolute Gasteiger partial charge is 0.200 e. The van der Waals surface area contributed by atoms with E-state index in [9.17, 15) is 43.9 Å². The van der Waals surface area contributed by atoms with Crippen molar-refractivity contribution in [2.75, 3.05) is 0 Å². The molecule has 0 amide bonds. The molecule has 0 radical (unpaired) electrons. The third kappa shape index (κ3) is 2.35. The summed E-state index contributed by atoms with van der Waals surface area (Å²) in [4.78, 5) is 0. The molecule has 0 aliphatic heterocycles. The fraction of sp³-hybridized carbons (Fsp3) is 1.00. The molecule has 0 heterocycles. The fourth-order valence-corrected chi connectivity index (χ4v) is 2.83. The zero-order valence-corrected chi connectivity index (χ0v) is 9.41. The van der Waals surface area contributed by atoms with Crippen LogP contribution in [0.15, 0.2) is 0 Å². The number of rotatable bonds is 2. The van der Waals surface area contributed by atoms with Gasteiger partial charge in [-0.15, -0.1) is 0 Å². The molecule has 0 saturated carbocycles. The van der Waals surface area contributed by atoms with Gasteiger partial charge >= 0.3 is 30.8 Å². The van der Waals surface area contributed by atoms with Gasteiger partial charge in [-0.05, 0) is 6.55 Å². The van der Waals surface area contributed by atoms with Gasteiger partial charge in [0.1, 0.15) is 0 Å². The summed E-state index contributed by atoms with van der Waals surface area (Å²) in [5.41, 5.74) is -12.6. The average molecular weight is 317 g/mol. The molecule has 12 heteroatoms. The lowest BCUT2D eigenvalue weighted by molar-refractivity contribution is -0.273. The van der Waals surface area contributed by atoms with Crippen LogP contribution in [0.1, 0.15) is 0 Å². The standard InChI is InChI=1S/C5H3ClF10Si/c1-17(6,4(13,14)2(7,8)9)5(15,16)3(10,11)12/h1H3. The summed E-state index contributed by atoms with van der Waals surface area (Å²) in [6.45, 7) is -0.588. The van der Waals surface area contributed by atoms with Crippen molar-refractivity contribution in [2.45, 2.75) is 30.0 Å². The number of hydrogen-bond acceptors (Lipinski definition) is 0. The summed E-state index contributed by atoms with van der Waals surface area (Å²) in [6.07, 6.45) is -13.2. The molecule has 0 bridgehead atoms. The molecular weight excluding hydrogens is 314 g/mol. The molecule has 0 aromatic rings. The predicted octanol–water partition coefficient (Wildman–Crippen LogP) is 4.27. The van der Waals surface area contributed by atoms with E-state index in [1.54, 1.807) is 0 Å². The van der Waals surface area contributed by atoms with Crippen LogP contribution in [0.4, 0.5) is 43.9 Å². The first-order valence-electron chi connectivity index (χ1n) is 3.58. The van der Waals surface area contributed by atoms with Gasteiger partial charge < -0.3 is 0 Å². The molecule has 0 unspecified atom stereocenters. The minimum atomic E-state index is -6.87. The highest BCUT2D eigenvalue weighted by Crippen LogP contribution is 2.54. The van der Waals surface area contributed by atoms with E-state index in [1.165, 1.54) is 0 Å². The van der Waals surface area contributed by atoms with Crippen molar-refractivity contribution in [3.8, 4) is 0 Å². The van der Waals surface area contributed by atoms with Crippen molar-refractivity contribution < 1.29 is 43.9 Å². The molecule has 0 saturated heterocycles. The van der Waals surface area contributed by atoms with E-state index in [1.807, 2.05) is 0 Å². The Kier molecular flexibility index (Phi) is 3.86. The first-order valence-corrected chi connectivity index (χ1v) is 7.09. The van der Waals surface area contributed by atoms with Crippen LogP contribution < -0.4 is 0 Å². The van der Waals surface area contributed by atoms with Gasteiger partial charge in [-0.3, -0.25) is 0 Å². The number of halogens is 11. The first kappa shape index (κ1) is 16.8. The second-order valence-corrected chi connectivity index (χ2v) is 8.68. The van der Waals surface area contributed by atoms with E-state index < -0.39 is 37.4 Å². The van der Waals surface area contributed by atoms with Crippen LogP contribution in [-0.4, -0.2) is 30.8 Å². The topological polar surface area (TPSA) is 0 Å². The second-order valence-electron chi connectivity index (χ2n) is 3.15. The number of alkyl halides is 10. The molecule has 104 valence electrons. The largest absolute Gasteiger partial charge is 0.450 e. The monoisotopic (exact) mass is 316 g/mol. The third-order valence-corrected chi connectivity index (χ3v) is 6.24. The summed E-state index contributed by atoms with van der Waals surface area (Å²) in [6, 6.07) is 0. The van der Waals surface area contributed by atoms with Crippen LogP contribution in [0.3, 0.4) is 0 Å². The van der Waals surface area contributed by atoms with E-state index in [4.69, 9.17) is 0 Å². The predicted molar refractivity (Wildman–Crippen MR) is 39.5 cm³/mol. The first-order chi connectivity index (χ1) is 7.00. The Morgan fingerprint density at radius 1 is 0.647 bits per heavy atom. The van der Waals surface area contributed by atoms with Gasteiger partial charge in [-0.25, -0.2) is 0 Å². The Morgan fingerprint density at radius 2 is 0.824 bits per heavy atom. The highest BCUT2D eigenvalue weighted by molar-refractivity contribution is 7.22. The zero-order valence-electron chi connectivity index (χ0n) is 7.66. The lowest BCUT2D eigenvalue weighted by Crippen LogP contribution is -2.69. The van der Waals surface area contributed by atoms with Gasteiger partial charge in [0, 0.05) is 0 Å². The number of hydrogen-bond donors (Lipinski definition) is 0. The van der Waals surface area contributed by atoms with Crippen LogP contribution in [-0.2, 0) is 0 Å². The molecule has 0 rings (SSSR count). The van der Waals surface area contributed by atoms with Crippen LogP contribution in [0.2, 0.25) is 6.55 Å². The summed E-state index contributed by atoms with van der Waals surface area (Å²) in [7, 11) is -6.87. The van der Waals surface area contributed by atoms with Crippen molar-refractivity contribution in [1.29, 1.82) is 0 Å². The fourth-order valence-electron chi connectivity index (χ4n) is 0.730. The van der Waals surface area contributed by atoms with Crippen molar-refractivity contribution in [3.05, 3.63) is 0 Å². The van der Waals surface area contributed by atoms with Crippen LogP contribution >= 0.6 is 11.1 Å². The summed E-state index contributed by atoms with van der Waals surface area (Å²) in [5.74, 6) is 0. The van der Waals surface area contributed by atoms with E-state index in [0.717, 1.165) is 0 Å². The molecule has 0 aliphatic rings.